The summed E-state index contributed by atoms with van der Waals surface area (Å²) in [6.07, 6.45) is 0. The van der Waals surface area contributed by atoms with Gasteiger partial charge in [0.05, 0.1) is 21.2 Å². The van der Waals surface area contributed by atoms with Crippen molar-refractivity contribution in [1.82, 2.24) is 0 Å². The Kier molecular flexibility index (Phi) is 4.46. The molecule has 0 aliphatic carbocycles. The highest BCUT2D eigenvalue weighted by Gasteiger charge is 2.12. The van der Waals surface area contributed by atoms with E-state index in [9.17, 15) is 20.2 Å². The minimum absolute atomic E-state index is 0.148. The Morgan fingerprint density at radius 2 is 1.14 bits per heavy atom. The molecule has 0 amide bonds. The standard InChI is InChI=1S/C12H8N4O4S/c17-15(18)11-7-3-1-5-9(11)13-21-14-10-6-2-4-8-12(10)16(19)20/h1-8H. The number of nitro groups is 2. The van der Waals surface area contributed by atoms with Crippen LogP contribution in [0.2, 0.25) is 0 Å². The molecule has 0 aliphatic heterocycles. The first-order valence-corrected chi connectivity index (χ1v) is 6.37. The van der Waals surface area contributed by atoms with Gasteiger partial charge in [0.15, 0.2) is 11.4 Å². The lowest BCUT2D eigenvalue weighted by Gasteiger charge is -1.94. The fourth-order valence-corrected chi connectivity index (χ4v) is 2.03. The zero-order valence-electron chi connectivity index (χ0n) is 10.4. The summed E-state index contributed by atoms with van der Waals surface area (Å²) in [6.45, 7) is 0. The maximum atomic E-state index is 10.8. The molecule has 0 saturated heterocycles. The van der Waals surface area contributed by atoms with Crippen molar-refractivity contribution < 1.29 is 9.85 Å². The fourth-order valence-electron chi connectivity index (χ4n) is 1.50. The lowest BCUT2D eigenvalue weighted by molar-refractivity contribution is -0.384. The average molecular weight is 304 g/mol. The van der Waals surface area contributed by atoms with E-state index in [4.69, 9.17) is 0 Å². The lowest BCUT2D eigenvalue weighted by Crippen LogP contribution is -1.87. The van der Waals surface area contributed by atoms with Gasteiger partial charge in [0.2, 0.25) is 0 Å². The molecule has 2 aromatic carbocycles. The van der Waals surface area contributed by atoms with Crippen molar-refractivity contribution in [2.45, 2.75) is 0 Å². The predicted molar refractivity (Wildman–Crippen MR) is 77.7 cm³/mol. The number of nitro benzene ring substituents is 2. The Morgan fingerprint density at radius 3 is 1.52 bits per heavy atom. The summed E-state index contributed by atoms with van der Waals surface area (Å²) in [7, 11) is 0. The summed E-state index contributed by atoms with van der Waals surface area (Å²) in [5.41, 5.74) is -0.00445. The first kappa shape index (κ1) is 14.5. The van der Waals surface area contributed by atoms with Crippen molar-refractivity contribution in [2.24, 2.45) is 8.73 Å². The van der Waals surface area contributed by atoms with Crippen LogP contribution in [0.25, 0.3) is 0 Å². The third-order valence-electron chi connectivity index (χ3n) is 2.44. The van der Waals surface area contributed by atoms with Crippen molar-refractivity contribution in [3.63, 3.8) is 0 Å². The SMILES string of the molecule is O=[N+]([O-])c1ccccc1N=S=Nc1ccccc1[N+](=O)[O-]. The second kappa shape index (κ2) is 6.48. The molecule has 0 atom stereocenters. The van der Waals surface area contributed by atoms with Crippen molar-refractivity contribution >= 4 is 34.1 Å². The van der Waals surface area contributed by atoms with Crippen LogP contribution >= 0.6 is 0 Å². The quantitative estimate of drug-likeness (QED) is 0.629. The smallest absolute Gasteiger partial charge is 0.258 e. The molecule has 0 aliphatic rings. The molecule has 8 nitrogen and oxygen atoms in total. The predicted octanol–water partition coefficient (Wildman–Crippen LogP) is 3.92. The minimum Gasteiger partial charge on any atom is -0.258 e. The Balaban J connectivity index is 2.39. The van der Waals surface area contributed by atoms with Crippen LogP contribution in [0.4, 0.5) is 22.7 Å². The van der Waals surface area contributed by atoms with E-state index >= 15 is 0 Å². The van der Waals surface area contributed by atoms with E-state index in [0.717, 1.165) is 0 Å². The fraction of sp³-hybridized carbons (Fsp3) is 0. The number of benzene rings is 2. The van der Waals surface area contributed by atoms with Gasteiger partial charge in [0.1, 0.15) is 0 Å². The van der Waals surface area contributed by atoms with Crippen LogP contribution < -0.4 is 0 Å². The number of nitrogens with zero attached hydrogens (tertiary/aromatic N) is 4. The zero-order valence-corrected chi connectivity index (χ0v) is 11.3. The molecule has 9 heteroatoms. The van der Waals surface area contributed by atoms with Crippen LogP contribution in [0, 0.1) is 20.2 Å². The van der Waals surface area contributed by atoms with Gasteiger partial charge in [0.25, 0.3) is 11.4 Å². The first-order chi connectivity index (χ1) is 10.1. The molecule has 0 aromatic heterocycles. The van der Waals surface area contributed by atoms with E-state index in [2.05, 4.69) is 8.73 Å². The third kappa shape index (κ3) is 3.54. The minimum atomic E-state index is -0.551. The molecule has 2 rings (SSSR count). The van der Waals surface area contributed by atoms with E-state index < -0.39 is 9.85 Å². The topological polar surface area (TPSA) is 111 Å². The van der Waals surface area contributed by atoms with Crippen molar-refractivity contribution in [3.05, 3.63) is 68.8 Å². The van der Waals surface area contributed by atoms with Gasteiger partial charge < -0.3 is 0 Å². The second-order valence-corrected chi connectivity index (χ2v) is 4.28. The molecule has 0 unspecified atom stereocenters. The van der Waals surface area contributed by atoms with Gasteiger partial charge in [-0.1, -0.05) is 24.3 Å². The molecule has 0 heterocycles. The van der Waals surface area contributed by atoms with Crippen LogP contribution in [0.5, 0.6) is 0 Å². The maximum Gasteiger partial charge on any atom is 0.295 e. The molecule has 0 saturated carbocycles. The van der Waals surface area contributed by atoms with E-state index in [1.807, 2.05) is 0 Å². The molecule has 0 spiro atoms. The van der Waals surface area contributed by atoms with Crippen LogP contribution in [-0.4, -0.2) is 9.85 Å². The van der Waals surface area contributed by atoms with Crippen LogP contribution in [0.1, 0.15) is 0 Å². The maximum absolute atomic E-state index is 10.8. The summed E-state index contributed by atoms with van der Waals surface area (Å²) < 4.78 is 7.82. The highest BCUT2D eigenvalue weighted by atomic mass is 32.1. The highest BCUT2D eigenvalue weighted by molar-refractivity contribution is 7.57. The Bertz CT molecular complexity index is 710. The van der Waals surface area contributed by atoms with Crippen LogP contribution in [0.15, 0.2) is 57.3 Å². The van der Waals surface area contributed by atoms with Gasteiger partial charge in [-0.15, -0.1) is 0 Å². The summed E-state index contributed by atoms with van der Waals surface area (Å²) in [4.78, 5) is 20.5. The molecule has 0 radical (unpaired) electrons. The normalized spacial score (nSPS) is 9.71. The highest BCUT2D eigenvalue weighted by Crippen LogP contribution is 2.28. The molecule has 0 N–H and O–H groups in total. The van der Waals surface area contributed by atoms with Gasteiger partial charge >= 0.3 is 0 Å². The van der Waals surface area contributed by atoms with E-state index in [1.54, 1.807) is 12.1 Å². The van der Waals surface area contributed by atoms with Gasteiger partial charge in [-0.05, 0) is 12.1 Å². The van der Waals surface area contributed by atoms with E-state index in [0.29, 0.717) is 11.4 Å². The van der Waals surface area contributed by atoms with E-state index in [-0.39, 0.29) is 22.7 Å². The van der Waals surface area contributed by atoms with E-state index in [1.165, 1.54) is 36.4 Å². The second-order valence-electron chi connectivity index (χ2n) is 3.76. The number of hydrogen-bond acceptors (Lipinski definition) is 6. The summed E-state index contributed by atoms with van der Waals surface area (Å²) in [6, 6.07) is 11.9. The average Bonchev–Trinajstić information content (AvgIpc) is 2.48. The first-order valence-electron chi connectivity index (χ1n) is 5.64. The number of rotatable bonds is 4. The summed E-state index contributed by atoms with van der Waals surface area (Å²) in [5, 5.41) is 21.6. The largest absolute Gasteiger partial charge is 0.295 e. The van der Waals surface area contributed by atoms with Gasteiger partial charge in [-0.2, -0.15) is 8.73 Å². The van der Waals surface area contributed by atoms with Gasteiger partial charge in [-0.25, -0.2) is 0 Å². The summed E-state index contributed by atoms with van der Waals surface area (Å²) in [5.74, 6) is 0. The van der Waals surface area contributed by atoms with Gasteiger partial charge in [0, 0.05) is 12.1 Å². The van der Waals surface area contributed by atoms with Gasteiger partial charge in [-0.3, -0.25) is 20.2 Å². The Hall–Kier alpha value is -2.94. The molecule has 0 bridgehead atoms. The summed E-state index contributed by atoms with van der Waals surface area (Å²) >= 11 is 0.664. The van der Waals surface area contributed by atoms with Crippen LogP contribution in [-0.2, 0) is 11.4 Å². The molecule has 2 aromatic rings. The van der Waals surface area contributed by atoms with Crippen molar-refractivity contribution in [2.75, 3.05) is 0 Å². The molecule has 0 fully saturated rings. The number of hydrogen-bond donors (Lipinski definition) is 0. The molecule has 21 heavy (non-hydrogen) atoms. The molecule has 106 valence electrons. The molecular weight excluding hydrogens is 296 g/mol. The monoisotopic (exact) mass is 304 g/mol. The Morgan fingerprint density at radius 1 is 0.762 bits per heavy atom. The van der Waals surface area contributed by atoms with Crippen molar-refractivity contribution in [1.29, 1.82) is 0 Å². The molecular formula is C12H8N4O4S. The lowest BCUT2D eigenvalue weighted by atomic mass is 10.3. The third-order valence-corrected chi connectivity index (χ3v) is 2.99. The van der Waals surface area contributed by atoms with Crippen LogP contribution in [0.3, 0.4) is 0 Å². The van der Waals surface area contributed by atoms with Crippen molar-refractivity contribution in [3.8, 4) is 0 Å². The zero-order chi connectivity index (χ0) is 15.2. The number of para-hydroxylation sites is 2. The Labute approximate surface area is 122 Å².